The maximum Gasteiger partial charge on any atom is 0.410 e. The van der Waals surface area contributed by atoms with Crippen molar-refractivity contribution in [3.63, 3.8) is 0 Å². The quantitative estimate of drug-likeness (QED) is 0.130. The summed E-state index contributed by atoms with van der Waals surface area (Å²) in [5.41, 5.74) is 0.341. The number of hydrogen-bond acceptors (Lipinski definition) is 10. The molecule has 3 amide bonds. The number of aryl methyl sites for hydroxylation is 1. The molecule has 2 aromatic rings. The number of carbonyl (C=O) groups excluding carboxylic acids is 4. The van der Waals surface area contributed by atoms with E-state index in [0.717, 1.165) is 24.8 Å². The maximum absolute atomic E-state index is 13.7. The lowest BCUT2D eigenvalue weighted by atomic mass is 9.91. The van der Waals surface area contributed by atoms with Crippen molar-refractivity contribution in [3.05, 3.63) is 59.7 Å². The highest BCUT2D eigenvalue weighted by Gasteiger charge is 2.32. The van der Waals surface area contributed by atoms with Crippen LogP contribution in [0, 0.1) is 18.8 Å². The second-order valence-electron chi connectivity index (χ2n) is 16.5. The van der Waals surface area contributed by atoms with Crippen molar-refractivity contribution in [2.24, 2.45) is 11.8 Å². The Balaban J connectivity index is 1.29. The Kier molecular flexibility index (Phi) is 15.1. The first-order chi connectivity index (χ1) is 25.8. The number of piperidine rings is 2. The van der Waals surface area contributed by atoms with Gasteiger partial charge in [-0.15, -0.1) is 0 Å². The van der Waals surface area contributed by atoms with E-state index in [-0.39, 0.29) is 42.4 Å². The fraction of sp³-hybridized carbons (Fsp3) is 0.610. The van der Waals surface area contributed by atoms with E-state index < -0.39 is 39.2 Å². The average molecular weight is 786 g/mol. The number of likely N-dealkylation sites (tertiary alicyclic amines) is 2. The fourth-order valence-corrected chi connectivity index (χ4v) is 7.49. The van der Waals surface area contributed by atoms with E-state index in [9.17, 15) is 27.6 Å². The number of amides is 3. The van der Waals surface area contributed by atoms with Crippen LogP contribution < -0.4 is 10.1 Å². The van der Waals surface area contributed by atoms with Crippen LogP contribution in [-0.2, 0) is 38.2 Å². The summed E-state index contributed by atoms with van der Waals surface area (Å²) in [5, 5.41) is 3.05. The minimum Gasteiger partial charge on any atom is -0.491 e. The highest BCUT2D eigenvalue weighted by molar-refractivity contribution is 7.86. The first-order valence-electron chi connectivity index (χ1n) is 19.2. The second kappa shape index (κ2) is 19.1. The standard InChI is InChI=1S/C41H59N3O10S/c1-29-10-17-34(18-11-29)55(49,50)52-26-25-51-33-15-13-31(14-16-33)35(27-37(46)53-40(2,3)4)42-38(47)32-9-8-22-44(28-32)36(45)19-12-30-20-23-43(24-21-30)39(48)54-41(5,6)7/h10-11,13-18,30,32,35H,8-9,12,19-28H2,1-7H3,(H,42,47). The van der Waals surface area contributed by atoms with Crippen LogP contribution >= 0.6 is 0 Å². The molecule has 0 spiro atoms. The zero-order chi connectivity index (χ0) is 40.4. The molecule has 2 aliphatic rings. The number of hydrogen-bond donors (Lipinski definition) is 1. The summed E-state index contributed by atoms with van der Waals surface area (Å²) in [6.07, 6.45) is 3.65. The van der Waals surface area contributed by atoms with Crippen LogP contribution in [0.3, 0.4) is 0 Å². The SMILES string of the molecule is Cc1ccc(S(=O)(=O)OCCOc2ccc(C(CC(=O)OC(C)(C)C)NC(=O)C3CCCN(C(=O)CCC4CCN(C(=O)OC(C)(C)C)CC4)C3)cc2)cc1. The lowest BCUT2D eigenvalue weighted by Crippen LogP contribution is -2.46. The molecule has 304 valence electrons. The van der Waals surface area contributed by atoms with Crippen molar-refractivity contribution in [3.8, 4) is 5.75 Å². The number of nitrogens with one attached hydrogen (secondary N) is 1. The van der Waals surface area contributed by atoms with Gasteiger partial charge in [0.15, 0.2) is 0 Å². The molecule has 55 heavy (non-hydrogen) atoms. The molecule has 0 saturated carbocycles. The van der Waals surface area contributed by atoms with Crippen molar-refractivity contribution in [2.45, 2.75) is 116 Å². The molecule has 0 bridgehead atoms. The van der Waals surface area contributed by atoms with Crippen LogP contribution in [0.2, 0.25) is 0 Å². The first kappa shape index (κ1) is 43.6. The van der Waals surface area contributed by atoms with Crippen molar-refractivity contribution in [2.75, 3.05) is 39.4 Å². The zero-order valence-electron chi connectivity index (χ0n) is 33.4. The molecule has 2 aromatic carbocycles. The molecule has 2 saturated heterocycles. The number of rotatable bonds is 14. The van der Waals surface area contributed by atoms with Crippen LogP contribution in [0.4, 0.5) is 4.79 Å². The van der Waals surface area contributed by atoms with Gasteiger partial charge in [-0.05, 0) is 116 Å². The maximum atomic E-state index is 13.7. The topological polar surface area (TPSA) is 158 Å². The molecule has 13 nitrogen and oxygen atoms in total. The lowest BCUT2D eigenvalue weighted by Gasteiger charge is -2.35. The smallest absolute Gasteiger partial charge is 0.410 e. The van der Waals surface area contributed by atoms with Crippen LogP contribution in [0.25, 0.3) is 0 Å². The number of ether oxygens (including phenoxy) is 3. The minimum absolute atomic E-state index is 0.0196. The van der Waals surface area contributed by atoms with E-state index >= 15 is 0 Å². The third kappa shape index (κ3) is 14.4. The Morgan fingerprint density at radius 2 is 1.45 bits per heavy atom. The van der Waals surface area contributed by atoms with Gasteiger partial charge < -0.3 is 29.3 Å². The summed E-state index contributed by atoms with van der Waals surface area (Å²) in [5.74, 6) is -0.334. The second-order valence-corrected chi connectivity index (χ2v) is 18.1. The molecule has 4 rings (SSSR count). The van der Waals surface area contributed by atoms with Crippen molar-refractivity contribution >= 4 is 34.0 Å². The molecule has 2 aliphatic heterocycles. The number of carbonyl (C=O) groups is 4. The molecule has 14 heteroatoms. The van der Waals surface area contributed by atoms with Gasteiger partial charge >= 0.3 is 12.1 Å². The van der Waals surface area contributed by atoms with Crippen LogP contribution in [-0.4, -0.2) is 92.7 Å². The van der Waals surface area contributed by atoms with Gasteiger partial charge in [-0.1, -0.05) is 29.8 Å². The van der Waals surface area contributed by atoms with E-state index in [4.69, 9.17) is 18.4 Å². The zero-order valence-corrected chi connectivity index (χ0v) is 34.2. The van der Waals surface area contributed by atoms with Gasteiger partial charge in [0.05, 0.1) is 23.3 Å². The van der Waals surface area contributed by atoms with E-state index in [1.807, 2.05) is 27.7 Å². The molecule has 2 unspecified atom stereocenters. The Labute approximate surface area is 326 Å². The van der Waals surface area contributed by atoms with Gasteiger partial charge in [0.1, 0.15) is 30.2 Å². The van der Waals surface area contributed by atoms with Gasteiger partial charge in [-0.2, -0.15) is 8.42 Å². The monoisotopic (exact) mass is 785 g/mol. The molecule has 0 aromatic heterocycles. The first-order valence-corrected chi connectivity index (χ1v) is 20.7. The highest BCUT2D eigenvalue weighted by Crippen LogP contribution is 2.27. The average Bonchev–Trinajstić information content (AvgIpc) is 3.11. The Morgan fingerprint density at radius 1 is 0.818 bits per heavy atom. The number of nitrogens with zero attached hydrogens (tertiary/aromatic N) is 2. The predicted molar refractivity (Wildman–Crippen MR) is 207 cm³/mol. The molecule has 2 atom stereocenters. The van der Waals surface area contributed by atoms with Gasteiger partial charge in [-0.25, -0.2) is 4.79 Å². The van der Waals surface area contributed by atoms with Gasteiger partial charge in [-0.3, -0.25) is 18.6 Å². The Hall–Kier alpha value is -4.17. The lowest BCUT2D eigenvalue weighted by molar-refractivity contribution is -0.155. The Bertz CT molecular complexity index is 1710. The van der Waals surface area contributed by atoms with Crippen molar-refractivity contribution in [1.29, 1.82) is 0 Å². The third-order valence-corrected chi connectivity index (χ3v) is 10.8. The van der Waals surface area contributed by atoms with Crippen LogP contribution in [0.15, 0.2) is 53.4 Å². The van der Waals surface area contributed by atoms with Gasteiger partial charge in [0, 0.05) is 32.6 Å². The summed E-state index contributed by atoms with van der Waals surface area (Å²) in [4.78, 5) is 56.0. The van der Waals surface area contributed by atoms with Crippen molar-refractivity contribution < 1.29 is 46.0 Å². The van der Waals surface area contributed by atoms with Crippen LogP contribution in [0.5, 0.6) is 5.75 Å². The van der Waals surface area contributed by atoms with Gasteiger partial charge in [0.25, 0.3) is 10.1 Å². The summed E-state index contributed by atoms with van der Waals surface area (Å²) in [6.45, 7) is 14.6. The number of esters is 1. The normalized spacial score (nSPS) is 17.6. The molecule has 0 radical (unpaired) electrons. The molecule has 2 heterocycles. The van der Waals surface area contributed by atoms with Crippen LogP contribution in [0.1, 0.15) is 104 Å². The third-order valence-electron chi connectivity index (χ3n) is 9.47. The fourth-order valence-electron chi connectivity index (χ4n) is 6.60. The largest absolute Gasteiger partial charge is 0.491 e. The Morgan fingerprint density at radius 3 is 2.07 bits per heavy atom. The molecule has 0 aliphatic carbocycles. The summed E-state index contributed by atoms with van der Waals surface area (Å²) in [6, 6.07) is 12.5. The number of benzene rings is 2. The summed E-state index contributed by atoms with van der Waals surface area (Å²) in [7, 11) is -3.92. The summed E-state index contributed by atoms with van der Waals surface area (Å²) < 4.78 is 46.8. The predicted octanol–water partition coefficient (Wildman–Crippen LogP) is 6.33. The van der Waals surface area contributed by atoms with E-state index in [1.54, 1.807) is 67.0 Å². The van der Waals surface area contributed by atoms with E-state index in [1.165, 1.54) is 12.1 Å². The van der Waals surface area contributed by atoms with E-state index in [2.05, 4.69) is 5.32 Å². The molecule has 1 N–H and O–H groups in total. The highest BCUT2D eigenvalue weighted by atomic mass is 32.2. The van der Waals surface area contributed by atoms with Crippen molar-refractivity contribution in [1.82, 2.24) is 15.1 Å². The van der Waals surface area contributed by atoms with Gasteiger partial charge in [0.2, 0.25) is 11.8 Å². The minimum atomic E-state index is -3.92. The van der Waals surface area contributed by atoms with E-state index in [0.29, 0.717) is 62.7 Å². The summed E-state index contributed by atoms with van der Waals surface area (Å²) >= 11 is 0. The molecular formula is C41H59N3O10S. The molecule has 2 fully saturated rings. The molecular weight excluding hydrogens is 727 g/mol.